The van der Waals surface area contributed by atoms with Crippen LogP contribution < -0.4 is 10.6 Å². The van der Waals surface area contributed by atoms with Gasteiger partial charge in [-0.3, -0.25) is 0 Å². The van der Waals surface area contributed by atoms with Crippen LogP contribution in [0.3, 0.4) is 0 Å². The van der Waals surface area contributed by atoms with Crippen LogP contribution in [0, 0.1) is 0 Å². The lowest BCUT2D eigenvalue weighted by molar-refractivity contribution is 0.0525. The van der Waals surface area contributed by atoms with E-state index in [1.165, 1.54) is 0 Å². The summed E-state index contributed by atoms with van der Waals surface area (Å²) in [7, 11) is 0. The Morgan fingerprint density at radius 2 is 1.78 bits per heavy atom. The minimum absolute atomic E-state index is 0.161. The molecule has 0 saturated heterocycles. The lowest BCUT2D eigenvalue weighted by atomic mass is 10.1. The van der Waals surface area contributed by atoms with Gasteiger partial charge in [-0.25, -0.2) is 14.8 Å². The van der Waals surface area contributed by atoms with Crippen LogP contribution in [0.5, 0.6) is 0 Å². The molecule has 122 valence electrons. The van der Waals surface area contributed by atoms with Crippen LogP contribution in [0.1, 0.15) is 32.4 Å². The normalized spacial score (nSPS) is 12.3. The first kappa shape index (κ1) is 16.7. The van der Waals surface area contributed by atoms with Crippen molar-refractivity contribution in [3.8, 4) is 0 Å². The van der Waals surface area contributed by atoms with E-state index in [0.717, 1.165) is 5.56 Å². The molecule has 6 nitrogen and oxygen atoms in total. The van der Waals surface area contributed by atoms with Crippen LogP contribution in [-0.2, 0) is 4.74 Å². The number of carbonyl (C=O) groups excluding carboxylic acids is 1. The van der Waals surface area contributed by atoms with Crippen molar-refractivity contribution in [2.24, 2.45) is 0 Å². The minimum Gasteiger partial charge on any atom is -0.444 e. The average Bonchev–Trinajstić information content (AvgIpc) is 2.51. The van der Waals surface area contributed by atoms with Gasteiger partial charge in [0.15, 0.2) is 0 Å². The first-order valence-electron chi connectivity index (χ1n) is 7.49. The monoisotopic (exact) mass is 314 g/mol. The third kappa shape index (κ3) is 5.94. The lowest BCUT2D eigenvalue weighted by Gasteiger charge is -2.23. The predicted molar refractivity (Wildman–Crippen MR) is 89.1 cm³/mol. The van der Waals surface area contributed by atoms with Crippen LogP contribution in [0.25, 0.3) is 0 Å². The van der Waals surface area contributed by atoms with Crippen molar-refractivity contribution in [3.63, 3.8) is 0 Å². The summed E-state index contributed by atoms with van der Waals surface area (Å²) >= 11 is 0. The maximum atomic E-state index is 11.9. The summed E-state index contributed by atoms with van der Waals surface area (Å²) in [5.41, 5.74) is 0.499. The average molecular weight is 314 g/mol. The Hall–Kier alpha value is -2.63. The summed E-state index contributed by atoms with van der Waals surface area (Å²) in [6, 6.07) is 11.4. The number of rotatable bonds is 5. The van der Waals surface area contributed by atoms with Gasteiger partial charge in [0.1, 0.15) is 5.60 Å². The van der Waals surface area contributed by atoms with E-state index >= 15 is 0 Å². The number of carbonyl (C=O) groups is 1. The fraction of sp³-hybridized carbons (Fsp3) is 0.353. The van der Waals surface area contributed by atoms with Gasteiger partial charge in [-0.2, -0.15) is 0 Å². The molecule has 0 radical (unpaired) electrons. The number of ether oxygens (including phenoxy) is 1. The van der Waals surface area contributed by atoms with Gasteiger partial charge in [-0.1, -0.05) is 30.3 Å². The first-order chi connectivity index (χ1) is 10.9. The van der Waals surface area contributed by atoms with Gasteiger partial charge < -0.3 is 15.4 Å². The zero-order valence-electron chi connectivity index (χ0n) is 13.6. The molecule has 1 atom stereocenters. The Morgan fingerprint density at radius 1 is 1.13 bits per heavy atom. The second kappa shape index (κ2) is 7.58. The molecule has 1 aromatic heterocycles. The summed E-state index contributed by atoms with van der Waals surface area (Å²) in [4.78, 5) is 20.2. The Bertz CT molecular complexity index is 611. The van der Waals surface area contributed by atoms with Crippen molar-refractivity contribution in [3.05, 3.63) is 54.4 Å². The highest BCUT2D eigenvalue weighted by molar-refractivity contribution is 5.67. The van der Waals surface area contributed by atoms with E-state index in [4.69, 9.17) is 4.74 Å². The van der Waals surface area contributed by atoms with Crippen LogP contribution in [-0.4, -0.2) is 28.2 Å². The molecule has 0 bridgehead atoms. The third-order valence-corrected chi connectivity index (χ3v) is 2.92. The van der Waals surface area contributed by atoms with Crippen LogP contribution in [0.4, 0.5) is 10.7 Å². The number of nitrogens with one attached hydrogen (secondary N) is 2. The minimum atomic E-state index is -0.525. The fourth-order valence-corrected chi connectivity index (χ4v) is 1.97. The molecule has 0 aliphatic heterocycles. The molecular formula is C17H22N4O2. The molecule has 6 heteroatoms. The Kier molecular flexibility index (Phi) is 5.51. The van der Waals surface area contributed by atoms with Gasteiger partial charge in [0.25, 0.3) is 0 Å². The molecule has 2 aromatic rings. The van der Waals surface area contributed by atoms with Crippen molar-refractivity contribution < 1.29 is 9.53 Å². The topological polar surface area (TPSA) is 76.1 Å². The zero-order valence-corrected chi connectivity index (χ0v) is 13.6. The lowest BCUT2D eigenvalue weighted by Crippen LogP contribution is -2.36. The number of hydrogen-bond donors (Lipinski definition) is 2. The number of hydrogen-bond acceptors (Lipinski definition) is 5. The maximum absolute atomic E-state index is 11.9. The van der Waals surface area contributed by atoms with E-state index < -0.39 is 11.7 Å². The van der Waals surface area contributed by atoms with Crippen LogP contribution >= 0.6 is 0 Å². The summed E-state index contributed by atoms with van der Waals surface area (Å²) in [5, 5.41) is 6.00. The van der Waals surface area contributed by atoms with Crippen molar-refractivity contribution in [2.75, 3.05) is 11.9 Å². The molecule has 23 heavy (non-hydrogen) atoms. The molecule has 0 spiro atoms. The van der Waals surface area contributed by atoms with Crippen molar-refractivity contribution in [1.82, 2.24) is 15.3 Å². The Balaban J connectivity index is 2.04. The first-order valence-corrected chi connectivity index (χ1v) is 7.49. The number of aromatic nitrogens is 2. The Morgan fingerprint density at radius 3 is 2.39 bits per heavy atom. The van der Waals surface area contributed by atoms with Crippen molar-refractivity contribution in [1.29, 1.82) is 0 Å². The van der Waals surface area contributed by atoms with Gasteiger partial charge in [0.05, 0.1) is 6.04 Å². The quantitative estimate of drug-likeness (QED) is 0.886. The third-order valence-electron chi connectivity index (χ3n) is 2.92. The summed E-state index contributed by atoms with van der Waals surface area (Å²) in [5.74, 6) is 0.507. The van der Waals surface area contributed by atoms with Gasteiger partial charge in [0, 0.05) is 18.9 Å². The highest BCUT2D eigenvalue weighted by atomic mass is 16.6. The molecule has 0 saturated carbocycles. The maximum Gasteiger partial charge on any atom is 0.407 e. The molecule has 2 rings (SSSR count). The van der Waals surface area contributed by atoms with E-state index in [1.54, 1.807) is 18.5 Å². The standard InChI is InChI=1S/C17H22N4O2/c1-17(2,3)23-16(22)20-12-14(13-8-5-4-6-9-13)21-15-18-10-7-11-19-15/h4-11,14H,12H2,1-3H3,(H,20,22)(H,18,19,21)/t14-/m1/s1. The SMILES string of the molecule is CC(C)(C)OC(=O)NC[C@@H](Nc1ncccn1)c1ccccc1. The van der Waals surface area contributed by atoms with Gasteiger partial charge in [-0.05, 0) is 32.4 Å². The molecule has 2 N–H and O–H groups in total. The molecule has 1 amide bonds. The summed E-state index contributed by atoms with van der Waals surface area (Å²) in [6.45, 7) is 5.85. The van der Waals surface area contributed by atoms with Crippen molar-refractivity contribution >= 4 is 12.0 Å². The molecular weight excluding hydrogens is 292 g/mol. The molecule has 0 fully saturated rings. The molecule has 1 heterocycles. The van der Waals surface area contributed by atoms with E-state index in [-0.39, 0.29) is 6.04 Å². The summed E-state index contributed by atoms with van der Waals surface area (Å²) in [6.07, 6.45) is 2.88. The largest absolute Gasteiger partial charge is 0.444 e. The number of anilines is 1. The van der Waals surface area contributed by atoms with Crippen molar-refractivity contribution in [2.45, 2.75) is 32.4 Å². The van der Waals surface area contributed by atoms with Gasteiger partial charge in [0.2, 0.25) is 5.95 Å². The number of benzene rings is 1. The zero-order chi connectivity index (χ0) is 16.7. The Labute approximate surface area is 136 Å². The highest BCUT2D eigenvalue weighted by Crippen LogP contribution is 2.16. The van der Waals surface area contributed by atoms with Crippen LogP contribution in [0.2, 0.25) is 0 Å². The molecule has 0 aliphatic rings. The van der Waals surface area contributed by atoms with E-state index in [1.807, 2.05) is 51.1 Å². The van der Waals surface area contributed by atoms with E-state index in [0.29, 0.717) is 12.5 Å². The molecule has 0 aliphatic carbocycles. The molecule has 0 unspecified atom stereocenters. The van der Waals surface area contributed by atoms with Gasteiger partial charge >= 0.3 is 6.09 Å². The smallest absolute Gasteiger partial charge is 0.407 e. The predicted octanol–water partition coefficient (Wildman–Crippen LogP) is 3.15. The van der Waals surface area contributed by atoms with E-state index in [9.17, 15) is 4.79 Å². The fourth-order valence-electron chi connectivity index (χ4n) is 1.97. The number of amides is 1. The van der Waals surface area contributed by atoms with Gasteiger partial charge in [-0.15, -0.1) is 0 Å². The summed E-state index contributed by atoms with van der Waals surface area (Å²) < 4.78 is 5.27. The highest BCUT2D eigenvalue weighted by Gasteiger charge is 2.18. The number of nitrogens with zero attached hydrogens (tertiary/aromatic N) is 2. The second-order valence-electron chi connectivity index (χ2n) is 6.06. The molecule has 1 aromatic carbocycles. The van der Waals surface area contributed by atoms with Crippen LogP contribution in [0.15, 0.2) is 48.8 Å². The second-order valence-corrected chi connectivity index (χ2v) is 6.06. The van der Waals surface area contributed by atoms with E-state index in [2.05, 4.69) is 20.6 Å². The number of alkyl carbamates (subject to hydrolysis) is 1.